The zero-order valence-electron chi connectivity index (χ0n) is 18.3. The van der Waals surface area contributed by atoms with Crippen LogP contribution >= 0.6 is 0 Å². The SMILES string of the molecule is CCCCN1[C]N(c2c(C(C)C)cccc2C(C)C)C[C@@H]1Cc1ccccc1. The third-order valence-corrected chi connectivity index (χ3v) is 5.76. The zero-order chi connectivity index (χ0) is 20.1. The second-order valence-electron chi connectivity index (χ2n) is 8.70. The van der Waals surface area contributed by atoms with Gasteiger partial charge in [0.25, 0.3) is 0 Å². The summed E-state index contributed by atoms with van der Waals surface area (Å²) in [7, 11) is 0. The van der Waals surface area contributed by atoms with Crippen molar-refractivity contribution >= 4 is 5.69 Å². The second kappa shape index (κ2) is 9.60. The molecule has 2 aromatic rings. The van der Waals surface area contributed by atoms with Crippen molar-refractivity contribution in [3.63, 3.8) is 0 Å². The maximum atomic E-state index is 3.77. The summed E-state index contributed by atoms with van der Waals surface area (Å²) in [6.07, 6.45) is 3.51. The number of hydrogen-bond donors (Lipinski definition) is 0. The molecular formula is C26H36N2. The Balaban J connectivity index is 1.90. The largest absolute Gasteiger partial charge is 0.344 e. The number of nitrogens with zero attached hydrogens (tertiary/aromatic N) is 2. The number of anilines is 1. The second-order valence-corrected chi connectivity index (χ2v) is 8.70. The minimum Gasteiger partial charge on any atom is -0.344 e. The third-order valence-electron chi connectivity index (χ3n) is 5.76. The van der Waals surface area contributed by atoms with Crippen molar-refractivity contribution in [2.75, 3.05) is 18.0 Å². The minimum absolute atomic E-state index is 0.481. The van der Waals surface area contributed by atoms with Crippen LogP contribution in [-0.4, -0.2) is 24.0 Å². The van der Waals surface area contributed by atoms with Crippen molar-refractivity contribution in [1.29, 1.82) is 0 Å². The molecule has 1 fully saturated rings. The molecule has 1 aliphatic heterocycles. The standard InChI is InChI=1S/C26H36N2/c1-6-7-16-27-19-28(18-23(27)17-22-12-9-8-10-13-22)26-24(20(2)3)14-11-15-25(26)21(4)5/h8-15,20-21,23H,6-7,16-18H2,1-5H3/t23-/m0/s1. The van der Waals surface area contributed by atoms with Crippen LogP contribution in [0.15, 0.2) is 48.5 Å². The summed E-state index contributed by atoms with van der Waals surface area (Å²) in [5, 5.41) is 0. The van der Waals surface area contributed by atoms with Crippen LogP contribution in [0.2, 0.25) is 0 Å². The molecule has 0 saturated carbocycles. The van der Waals surface area contributed by atoms with Crippen LogP contribution in [0, 0.1) is 6.67 Å². The molecule has 1 heterocycles. The Hall–Kier alpha value is -1.80. The van der Waals surface area contributed by atoms with E-state index in [9.17, 15) is 0 Å². The molecule has 0 unspecified atom stereocenters. The van der Waals surface area contributed by atoms with Crippen molar-refractivity contribution < 1.29 is 0 Å². The Morgan fingerprint density at radius 1 is 0.929 bits per heavy atom. The van der Waals surface area contributed by atoms with Crippen molar-refractivity contribution in [3.05, 3.63) is 71.9 Å². The highest BCUT2D eigenvalue weighted by molar-refractivity contribution is 5.64. The minimum atomic E-state index is 0.481. The van der Waals surface area contributed by atoms with Gasteiger partial charge < -0.3 is 4.90 Å². The lowest BCUT2D eigenvalue weighted by Crippen LogP contribution is -2.31. The first-order chi connectivity index (χ1) is 13.5. The Labute approximate surface area is 172 Å². The van der Waals surface area contributed by atoms with Gasteiger partial charge in [-0.1, -0.05) is 89.6 Å². The molecule has 3 rings (SSSR count). The molecule has 2 heteroatoms. The maximum Gasteiger partial charge on any atom is 0.177 e. The van der Waals surface area contributed by atoms with Crippen molar-refractivity contribution in [2.45, 2.75) is 71.8 Å². The molecule has 1 atom stereocenters. The van der Waals surface area contributed by atoms with E-state index in [0.717, 1.165) is 19.5 Å². The van der Waals surface area contributed by atoms with E-state index >= 15 is 0 Å². The Morgan fingerprint density at radius 3 is 2.14 bits per heavy atom. The Kier molecular flexibility index (Phi) is 7.18. The van der Waals surface area contributed by atoms with Crippen molar-refractivity contribution in [1.82, 2.24) is 4.90 Å². The van der Waals surface area contributed by atoms with Gasteiger partial charge in [0.05, 0.1) is 0 Å². The van der Waals surface area contributed by atoms with Gasteiger partial charge in [-0.25, -0.2) is 0 Å². The molecule has 1 saturated heterocycles. The number of rotatable bonds is 8. The fourth-order valence-electron chi connectivity index (χ4n) is 4.17. The molecule has 2 nitrogen and oxygen atoms in total. The lowest BCUT2D eigenvalue weighted by atomic mass is 9.92. The smallest absolute Gasteiger partial charge is 0.177 e. The molecule has 0 bridgehead atoms. The summed E-state index contributed by atoms with van der Waals surface area (Å²) in [6.45, 7) is 17.3. The summed E-state index contributed by atoms with van der Waals surface area (Å²) < 4.78 is 0. The van der Waals surface area contributed by atoms with E-state index in [1.54, 1.807) is 0 Å². The molecule has 0 N–H and O–H groups in total. The highest BCUT2D eigenvalue weighted by Crippen LogP contribution is 2.38. The van der Waals surface area contributed by atoms with Crippen LogP contribution in [0.1, 0.15) is 76.0 Å². The van der Waals surface area contributed by atoms with Gasteiger partial charge in [0, 0.05) is 24.8 Å². The average Bonchev–Trinajstić information content (AvgIpc) is 3.08. The Bertz CT molecular complexity index is 709. The van der Waals surface area contributed by atoms with Gasteiger partial charge in [0.15, 0.2) is 6.67 Å². The van der Waals surface area contributed by atoms with Crippen molar-refractivity contribution in [3.8, 4) is 0 Å². The van der Waals surface area contributed by atoms with E-state index in [-0.39, 0.29) is 0 Å². The molecule has 2 radical (unpaired) electrons. The summed E-state index contributed by atoms with van der Waals surface area (Å²) in [4.78, 5) is 4.89. The van der Waals surface area contributed by atoms with Crippen LogP contribution < -0.4 is 4.90 Å². The highest BCUT2D eigenvalue weighted by atomic mass is 15.4. The normalized spacial score (nSPS) is 17.8. The molecule has 28 heavy (non-hydrogen) atoms. The van der Waals surface area contributed by atoms with Gasteiger partial charge >= 0.3 is 0 Å². The van der Waals surface area contributed by atoms with E-state index in [2.05, 4.69) is 99.6 Å². The Morgan fingerprint density at radius 2 is 1.57 bits per heavy atom. The first-order valence-electron chi connectivity index (χ1n) is 11.0. The van der Waals surface area contributed by atoms with Gasteiger partial charge in [-0.15, -0.1) is 0 Å². The van der Waals surface area contributed by atoms with E-state index < -0.39 is 0 Å². The van der Waals surface area contributed by atoms with E-state index in [1.165, 1.54) is 35.2 Å². The zero-order valence-corrected chi connectivity index (χ0v) is 18.3. The average molecular weight is 377 g/mol. The van der Waals surface area contributed by atoms with E-state index in [4.69, 9.17) is 0 Å². The fourth-order valence-corrected chi connectivity index (χ4v) is 4.17. The van der Waals surface area contributed by atoms with Crippen LogP contribution in [0.3, 0.4) is 0 Å². The lowest BCUT2D eigenvalue weighted by Gasteiger charge is -2.27. The highest BCUT2D eigenvalue weighted by Gasteiger charge is 2.34. The monoisotopic (exact) mass is 376 g/mol. The molecular weight excluding hydrogens is 340 g/mol. The molecule has 0 aliphatic carbocycles. The summed E-state index contributed by atoms with van der Waals surface area (Å²) >= 11 is 0. The van der Waals surface area contributed by atoms with Gasteiger partial charge in [0.2, 0.25) is 0 Å². The molecule has 0 amide bonds. The summed E-state index contributed by atoms with van der Waals surface area (Å²) in [6, 6.07) is 18.2. The van der Waals surface area contributed by atoms with Gasteiger partial charge in [-0.2, -0.15) is 0 Å². The first-order valence-corrected chi connectivity index (χ1v) is 11.0. The predicted molar refractivity (Wildman–Crippen MR) is 121 cm³/mol. The van der Waals surface area contributed by atoms with Crippen molar-refractivity contribution in [2.24, 2.45) is 0 Å². The number of benzene rings is 2. The maximum absolute atomic E-state index is 3.77. The van der Waals surface area contributed by atoms with E-state index in [0.29, 0.717) is 17.9 Å². The molecule has 0 aromatic heterocycles. The van der Waals surface area contributed by atoms with Crippen LogP contribution in [0.4, 0.5) is 5.69 Å². The van der Waals surface area contributed by atoms with E-state index in [1.807, 2.05) is 0 Å². The van der Waals surface area contributed by atoms with Gasteiger partial charge in [0.1, 0.15) is 0 Å². The summed E-state index contributed by atoms with van der Waals surface area (Å²) in [5.41, 5.74) is 5.69. The van der Waals surface area contributed by atoms with Crippen LogP contribution in [0.5, 0.6) is 0 Å². The molecule has 150 valence electrons. The number of para-hydroxylation sites is 1. The quantitative estimate of drug-likeness (QED) is 0.521. The van der Waals surface area contributed by atoms with Crippen LogP contribution in [-0.2, 0) is 6.42 Å². The number of hydrogen-bond acceptors (Lipinski definition) is 2. The summed E-state index contributed by atoms with van der Waals surface area (Å²) in [5.74, 6) is 1.01. The predicted octanol–water partition coefficient (Wildman–Crippen LogP) is 6.46. The number of unbranched alkanes of at least 4 members (excludes halogenated alkanes) is 1. The third kappa shape index (κ3) is 4.78. The molecule has 0 spiro atoms. The molecule has 2 aromatic carbocycles. The van der Waals surface area contributed by atoms with Gasteiger partial charge in [-0.3, -0.25) is 4.90 Å². The fraction of sp³-hybridized carbons (Fsp3) is 0.500. The van der Waals surface area contributed by atoms with Gasteiger partial charge in [-0.05, 0) is 41.4 Å². The first kappa shape index (κ1) is 20.9. The topological polar surface area (TPSA) is 6.48 Å². The van der Waals surface area contributed by atoms with Crippen LogP contribution in [0.25, 0.3) is 0 Å². The molecule has 1 aliphatic rings. The lowest BCUT2D eigenvalue weighted by molar-refractivity contribution is 0.290.